The van der Waals surface area contributed by atoms with E-state index in [1.54, 1.807) is 0 Å². The molecule has 23 heavy (non-hydrogen) atoms. The molecule has 1 aromatic carbocycles. The van der Waals surface area contributed by atoms with Crippen LogP contribution in [0.15, 0.2) is 42.6 Å². The van der Waals surface area contributed by atoms with E-state index in [1.807, 2.05) is 43.5 Å². The fraction of sp³-hybridized carbons (Fsp3) is 0.263. The molecule has 0 aliphatic carbocycles. The third-order valence-corrected chi connectivity index (χ3v) is 4.63. The number of pyridine rings is 2. The zero-order chi connectivity index (χ0) is 15.8. The van der Waals surface area contributed by atoms with Crippen molar-refractivity contribution in [2.24, 2.45) is 0 Å². The lowest BCUT2D eigenvalue weighted by molar-refractivity contribution is 0.938. The monoisotopic (exact) mass is 304 g/mol. The maximum Gasteiger partial charge on any atom is 0.129 e. The van der Waals surface area contributed by atoms with Crippen molar-refractivity contribution in [2.75, 3.05) is 23.7 Å². The average molecular weight is 304 g/mol. The topological polar surface area (TPSA) is 55.0 Å². The molecule has 0 spiro atoms. The van der Waals surface area contributed by atoms with E-state index in [-0.39, 0.29) is 0 Å². The predicted molar refractivity (Wildman–Crippen MR) is 95.6 cm³/mol. The average Bonchev–Trinajstić information content (AvgIpc) is 3.13. The molecule has 0 saturated carbocycles. The highest BCUT2D eigenvalue weighted by Gasteiger charge is 2.16. The van der Waals surface area contributed by atoms with E-state index in [0.717, 1.165) is 52.3 Å². The molecule has 4 heteroatoms. The molecule has 4 nitrogen and oxygen atoms in total. The van der Waals surface area contributed by atoms with Crippen LogP contribution >= 0.6 is 0 Å². The zero-order valence-electron chi connectivity index (χ0n) is 13.3. The van der Waals surface area contributed by atoms with Crippen LogP contribution in [-0.4, -0.2) is 23.1 Å². The predicted octanol–water partition coefficient (Wildman–Crippen LogP) is 3.79. The number of hydrogen-bond donors (Lipinski definition) is 1. The van der Waals surface area contributed by atoms with Crippen LogP contribution in [0, 0.1) is 6.92 Å². The van der Waals surface area contributed by atoms with Crippen molar-refractivity contribution in [2.45, 2.75) is 19.8 Å². The van der Waals surface area contributed by atoms with Gasteiger partial charge in [0.25, 0.3) is 0 Å². The van der Waals surface area contributed by atoms with E-state index < -0.39 is 0 Å². The van der Waals surface area contributed by atoms with E-state index in [2.05, 4.69) is 16.0 Å². The van der Waals surface area contributed by atoms with Gasteiger partial charge in [-0.25, -0.2) is 9.97 Å². The Kier molecular flexibility index (Phi) is 3.37. The molecule has 0 bridgehead atoms. The second kappa shape index (κ2) is 5.54. The largest absolute Gasteiger partial charge is 0.398 e. The second-order valence-electron chi connectivity index (χ2n) is 6.11. The van der Waals surface area contributed by atoms with Crippen LogP contribution in [0.2, 0.25) is 0 Å². The van der Waals surface area contributed by atoms with Crippen LogP contribution < -0.4 is 10.6 Å². The van der Waals surface area contributed by atoms with Crippen LogP contribution in [-0.2, 0) is 0 Å². The van der Waals surface area contributed by atoms with Crippen molar-refractivity contribution >= 4 is 22.4 Å². The first-order chi connectivity index (χ1) is 11.2. The summed E-state index contributed by atoms with van der Waals surface area (Å²) in [5.41, 5.74) is 11.2. The normalized spacial score (nSPS) is 14.6. The lowest BCUT2D eigenvalue weighted by atomic mass is 10.0. The van der Waals surface area contributed by atoms with Crippen molar-refractivity contribution in [1.82, 2.24) is 9.97 Å². The molecule has 0 amide bonds. The minimum Gasteiger partial charge on any atom is -0.398 e. The van der Waals surface area contributed by atoms with Gasteiger partial charge in [-0.2, -0.15) is 0 Å². The fourth-order valence-electron chi connectivity index (χ4n) is 3.30. The summed E-state index contributed by atoms with van der Waals surface area (Å²) in [6.45, 7) is 4.21. The molecule has 2 N–H and O–H groups in total. The Morgan fingerprint density at radius 1 is 1.09 bits per heavy atom. The minimum absolute atomic E-state index is 0.810. The number of nitrogen functional groups attached to an aromatic ring is 1. The third-order valence-electron chi connectivity index (χ3n) is 4.63. The minimum atomic E-state index is 0.810. The maximum absolute atomic E-state index is 6.35. The van der Waals surface area contributed by atoms with Gasteiger partial charge in [0.2, 0.25) is 0 Å². The number of benzene rings is 1. The first-order valence-electron chi connectivity index (χ1n) is 8.10. The Bertz CT molecular complexity index is 866. The fourth-order valence-corrected chi connectivity index (χ4v) is 3.30. The summed E-state index contributed by atoms with van der Waals surface area (Å²) < 4.78 is 0. The second-order valence-corrected chi connectivity index (χ2v) is 6.11. The van der Waals surface area contributed by atoms with Gasteiger partial charge >= 0.3 is 0 Å². The van der Waals surface area contributed by atoms with Gasteiger partial charge in [0.1, 0.15) is 5.82 Å². The Morgan fingerprint density at radius 3 is 2.70 bits per heavy atom. The number of fused-ring (bicyclic) bond motifs is 1. The van der Waals surface area contributed by atoms with Crippen LogP contribution in [0.4, 0.5) is 11.5 Å². The highest BCUT2D eigenvalue weighted by molar-refractivity contribution is 5.95. The third kappa shape index (κ3) is 2.40. The molecule has 116 valence electrons. The highest BCUT2D eigenvalue weighted by atomic mass is 15.2. The maximum atomic E-state index is 6.35. The molecular weight excluding hydrogens is 284 g/mol. The standard InChI is InChI=1S/C19H20N4/c1-13-18(20)15-6-2-3-7-16(15)22-19(13)14-8-9-21-17(12-14)23-10-4-5-11-23/h2-3,6-9,12H,4-5,10-11H2,1H3,(H2,20,22). The first kappa shape index (κ1) is 14.0. The molecule has 1 aliphatic rings. The summed E-state index contributed by atoms with van der Waals surface area (Å²) in [4.78, 5) is 11.7. The van der Waals surface area contributed by atoms with Crippen molar-refractivity contribution in [3.05, 3.63) is 48.2 Å². The van der Waals surface area contributed by atoms with Gasteiger partial charge < -0.3 is 10.6 Å². The Hall–Kier alpha value is -2.62. The SMILES string of the molecule is Cc1c(-c2ccnc(N3CCCC3)c2)nc2ccccc2c1N. The van der Waals surface area contributed by atoms with Gasteiger partial charge in [0, 0.05) is 35.9 Å². The molecule has 1 aliphatic heterocycles. The Labute approximate surface area is 136 Å². The van der Waals surface area contributed by atoms with Gasteiger partial charge in [-0.15, -0.1) is 0 Å². The van der Waals surface area contributed by atoms with Crippen molar-refractivity contribution in [3.63, 3.8) is 0 Å². The quantitative estimate of drug-likeness (QED) is 0.782. The Balaban J connectivity index is 1.85. The van der Waals surface area contributed by atoms with Crippen LogP contribution in [0.1, 0.15) is 18.4 Å². The number of para-hydroxylation sites is 1. The van der Waals surface area contributed by atoms with Crippen molar-refractivity contribution < 1.29 is 0 Å². The van der Waals surface area contributed by atoms with E-state index in [0.29, 0.717) is 0 Å². The Morgan fingerprint density at radius 2 is 1.87 bits per heavy atom. The number of nitrogens with two attached hydrogens (primary N) is 1. The highest BCUT2D eigenvalue weighted by Crippen LogP contribution is 2.32. The number of anilines is 2. The summed E-state index contributed by atoms with van der Waals surface area (Å²) >= 11 is 0. The number of hydrogen-bond acceptors (Lipinski definition) is 4. The molecule has 0 radical (unpaired) electrons. The van der Waals surface area contributed by atoms with Crippen LogP contribution in [0.3, 0.4) is 0 Å². The molecule has 1 fully saturated rings. The molecule has 1 saturated heterocycles. The number of rotatable bonds is 2. The summed E-state index contributed by atoms with van der Waals surface area (Å²) in [7, 11) is 0. The van der Waals surface area contributed by atoms with Crippen LogP contribution in [0.5, 0.6) is 0 Å². The van der Waals surface area contributed by atoms with Gasteiger partial charge in [-0.1, -0.05) is 18.2 Å². The lowest BCUT2D eigenvalue weighted by Crippen LogP contribution is -2.18. The number of nitrogens with zero attached hydrogens (tertiary/aromatic N) is 3. The lowest BCUT2D eigenvalue weighted by Gasteiger charge is -2.17. The summed E-state index contributed by atoms with van der Waals surface area (Å²) in [5, 5.41) is 1.02. The van der Waals surface area contributed by atoms with Gasteiger partial charge in [0.05, 0.1) is 11.2 Å². The smallest absolute Gasteiger partial charge is 0.129 e. The molecule has 0 atom stereocenters. The molecule has 4 rings (SSSR count). The summed E-state index contributed by atoms with van der Waals surface area (Å²) in [5.74, 6) is 1.04. The summed E-state index contributed by atoms with van der Waals surface area (Å²) in [6, 6.07) is 12.2. The van der Waals surface area contributed by atoms with Crippen LogP contribution in [0.25, 0.3) is 22.2 Å². The van der Waals surface area contributed by atoms with E-state index >= 15 is 0 Å². The van der Waals surface area contributed by atoms with E-state index in [1.165, 1.54) is 12.8 Å². The zero-order valence-corrected chi connectivity index (χ0v) is 13.3. The number of aromatic nitrogens is 2. The molecule has 3 aromatic rings. The van der Waals surface area contributed by atoms with Gasteiger partial charge in [0.15, 0.2) is 0 Å². The molecule has 0 unspecified atom stereocenters. The van der Waals surface area contributed by atoms with Crippen molar-refractivity contribution in [3.8, 4) is 11.3 Å². The molecule has 3 heterocycles. The molecular formula is C19H20N4. The van der Waals surface area contributed by atoms with Gasteiger partial charge in [-0.3, -0.25) is 0 Å². The van der Waals surface area contributed by atoms with Gasteiger partial charge in [-0.05, 0) is 43.5 Å². The summed E-state index contributed by atoms with van der Waals surface area (Å²) in [6.07, 6.45) is 4.35. The first-order valence-corrected chi connectivity index (χ1v) is 8.10. The van der Waals surface area contributed by atoms with Crippen molar-refractivity contribution in [1.29, 1.82) is 0 Å². The van der Waals surface area contributed by atoms with E-state index in [4.69, 9.17) is 10.7 Å². The molecule has 2 aromatic heterocycles. The van der Waals surface area contributed by atoms with E-state index in [9.17, 15) is 0 Å².